The van der Waals surface area contributed by atoms with Crippen LogP contribution in [0.4, 0.5) is 10.5 Å². The summed E-state index contributed by atoms with van der Waals surface area (Å²) in [4.78, 5) is 39.1. The average molecular weight is 452 g/mol. The number of nitrogens with one attached hydrogen (secondary N) is 2. The van der Waals surface area contributed by atoms with E-state index in [1.807, 2.05) is 12.1 Å². The van der Waals surface area contributed by atoms with Gasteiger partial charge in [0.05, 0.1) is 18.2 Å². The van der Waals surface area contributed by atoms with Gasteiger partial charge in [0.15, 0.2) is 0 Å². The van der Waals surface area contributed by atoms with Gasteiger partial charge in [0.2, 0.25) is 0 Å². The second-order valence-electron chi connectivity index (χ2n) is 7.70. The molecule has 0 bridgehead atoms. The number of anilines is 1. The lowest BCUT2D eigenvalue weighted by Gasteiger charge is -2.33. The van der Waals surface area contributed by atoms with Crippen molar-refractivity contribution < 1.29 is 23.9 Å². The number of allylic oxidation sites excluding steroid dienone is 1. The molecule has 0 spiro atoms. The highest BCUT2D eigenvalue weighted by atomic mass is 16.6. The number of esters is 1. The topological polar surface area (TPSA) is 97.0 Å². The summed E-state index contributed by atoms with van der Waals surface area (Å²) in [5.41, 5.74) is 3.89. The molecule has 0 fully saturated rings. The van der Waals surface area contributed by atoms with Gasteiger partial charge in [0.25, 0.3) is 5.91 Å². The first-order valence-electron chi connectivity index (χ1n) is 10.8. The maximum absolute atomic E-state index is 12.8. The number of benzene rings is 2. The molecular weight excluding hydrogens is 422 g/mol. The van der Waals surface area contributed by atoms with Crippen molar-refractivity contribution >= 4 is 23.6 Å². The summed E-state index contributed by atoms with van der Waals surface area (Å²) in [5, 5.41) is 5.71. The zero-order valence-electron chi connectivity index (χ0n) is 19.3. The van der Waals surface area contributed by atoms with Crippen LogP contribution in [0.5, 0.6) is 0 Å². The smallest absolute Gasteiger partial charge is 0.338 e. The van der Waals surface area contributed by atoms with Gasteiger partial charge in [-0.1, -0.05) is 31.2 Å². The Morgan fingerprint density at radius 2 is 1.73 bits per heavy atom. The number of aryl methyl sites for hydroxylation is 1. The molecule has 2 N–H and O–H groups in total. The highest BCUT2D eigenvalue weighted by Gasteiger charge is 2.35. The van der Waals surface area contributed by atoms with Gasteiger partial charge in [-0.3, -0.25) is 4.79 Å². The monoisotopic (exact) mass is 451 g/mol. The van der Waals surface area contributed by atoms with Gasteiger partial charge in [-0.2, -0.15) is 0 Å². The molecular formula is C25H29N3O5. The number of carbonyl (C=O) groups excluding carboxylic acids is 3. The van der Waals surface area contributed by atoms with Crippen molar-refractivity contribution in [2.24, 2.45) is 0 Å². The van der Waals surface area contributed by atoms with E-state index in [4.69, 9.17) is 9.47 Å². The fourth-order valence-corrected chi connectivity index (χ4v) is 3.50. The number of hydrogen-bond acceptors (Lipinski definition) is 5. The molecule has 1 atom stereocenters. The number of amides is 3. The first-order valence-corrected chi connectivity index (χ1v) is 10.8. The minimum Gasteiger partial charge on any atom is -0.460 e. The predicted octanol–water partition coefficient (Wildman–Crippen LogP) is 3.66. The first-order chi connectivity index (χ1) is 15.8. The van der Waals surface area contributed by atoms with E-state index in [0.29, 0.717) is 28.1 Å². The summed E-state index contributed by atoms with van der Waals surface area (Å²) in [6.45, 7) is 4.16. The van der Waals surface area contributed by atoms with Crippen molar-refractivity contribution in [1.29, 1.82) is 0 Å². The summed E-state index contributed by atoms with van der Waals surface area (Å²) in [6, 6.07) is 13.5. The van der Waals surface area contributed by atoms with Crippen molar-refractivity contribution in [3.05, 3.63) is 76.5 Å². The van der Waals surface area contributed by atoms with Crippen molar-refractivity contribution in [2.75, 3.05) is 32.7 Å². The van der Waals surface area contributed by atoms with Crippen molar-refractivity contribution in [1.82, 2.24) is 10.2 Å². The van der Waals surface area contributed by atoms with Crippen molar-refractivity contribution in [3.63, 3.8) is 0 Å². The Balaban J connectivity index is 1.78. The molecule has 3 amide bonds. The van der Waals surface area contributed by atoms with Crippen LogP contribution in [0.1, 0.15) is 41.4 Å². The lowest BCUT2D eigenvalue weighted by atomic mass is 9.95. The second-order valence-corrected chi connectivity index (χ2v) is 7.70. The maximum Gasteiger partial charge on any atom is 0.338 e. The molecule has 0 aliphatic carbocycles. The van der Waals surface area contributed by atoms with E-state index >= 15 is 0 Å². The van der Waals surface area contributed by atoms with E-state index < -0.39 is 12.0 Å². The number of rotatable bonds is 8. The summed E-state index contributed by atoms with van der Waals surface area (Å²) in [5.74, 6) is -0.731. The number of carbonyl (C=O) groups is 3. The minimum absolute atomic E-state index is 0.112. The second kappa shape index (κ2) is 10.8. The van der Waals surface area contributed by atoms with E-state index in [-0.39, 0.29) is 25.2 Å². The molecule has 1 heterocycles. The number of methoxy groups -OCH3 is 1. The van der Waals surface area contributed by atoms with Gasteiger partial charge >= 0.3 is 12.0 Å². The van der Waals surface area contributed by atoms with Gasteiger partial charge < -0.3 is 25.0 Å². The summed E-state index contributed by atoms with van der Waals surface area (Å²) >= 11 is 0. The third kappa shape index (κ3) is 5.59. The lowest BCUT2D eigenvalue weighted by molar-refractivity contribution is -0.140. The SMILES string of the molecule is CCc1ccc(C(=O)Nc2ccc(C3NC(=O)N(C)C(C)=C3C(=O)OCCOC)cc2)cc1. The molecule has 0 saturated heterocycles. The fourth-order valence-electron chi connectivity index (χ4n) is 3.50. The third-order valence-electron chi connectivity index (χ3n) is 5.62. The van der Waals surface area contributed by atoms with Crippen LogP contribution >= 0.6 is 0 Å². The molecule has 8 heteroatoms. The van der Waals surface area contributed by atoms with Gasteiger partial charge in [-0.25, -0.2) is 9.59 Å². The predicted molar refractivity (Wildman–Crippen MR) is 125 cm³/mol. The standard InChI is InChI=1S/C25H29N3O5/c1-5-17-6-8-19(9-7-17)23(29)26-20-12-10-18(11-13-20)22-21(24(30)33-15-14-32-4)16(2)28(3)25(31)27-22/h6-13,22H,5,14-15H2,1-4H3,(H,26,29)(H,27,31). The van der Waals surface area contributed by atoms with E-state index in [1.54, 1.807) is 50.4 Å². The summed E-state index contributed by atoms with van der Waals surface area (Å²) in [7, 11) is 3.12. The van der Waals surface area contributed by atoms with Crippen LogP contribution in [-0.2, 0) is 20.7 Å². The Morgan fingerprint density at radius 1 is 1.06 bits per heavy atom. The van der Waals surface area contributed by atoms with Gasteiger partial charge in [0, 0.05) is 31.1 Å². The van der Waals surface area contributed by atoms with Crippen LogP contribution in [0.15, 0.2) is 59.8 Å². The maximum atomic E-state index is 12.8. The minimum atomic E-state index is -0.671. The molecule has 2 aromatic carbocycles. The number of ether oxygens (including phenoxy) is 2. The van der Waals surface area contributed by atoms with Gasteiger partial charge in [-0.15, -0.1) is 0 Å². The third-order valence-corrected chi connectivity index (χ3v) is 5.62. The van der Waals surface area contributed by atoms with Crippen LogP contribution in [-0.4, -0.2) is 50.2 Å². The molecule has 1 aliphatic heterocycles. The Bertz CT molecular complexity index is 1040. The van der Waals surface area contributed by atoms with Crippen LogP contribution in [0.3, 0.4) is 0 Å². The van der Waals surface area contributed by atoms with Gasteiger partial charge in [-0.05, 0) is 48.7 Å². The average Bonchev–Trinajstić information content (AvgIpc) is 2.83. The zero-order valence-corrected chi connectivity index (χ0v) is 19.3. The van der Waals surface area contributed by atoms with Crippen molar-refractivity contribution in [3.8, 4) is 0 Å². The summed E-state index contributed by atoms with van der Waals surface area (Å²) in [6.07, 6.45) is 0.909. The van der Waals surface area contributed by atoms with E-state index in [9.17, 15) is 14.4 Å². The summed E-state index contributed by atoms with van der Waals surface area (Å²) < 4.78 is 10.2. The Hall–Kier alpha value is -3.65. The van der Waals surface area contributed by atoms with E-state index in [0.717, 1.165) is 12.0 Å². The molecule has 2 aromatic rings. The van der Waals surface area contributed by atoms with Gasteiger partial charge in [0.1, 0.15) is 6.61 Å². The van der Waals surface area contributed by atoms with Crippen LogP contribution < -0.4 is 10.6 Å². The lowest BCUT2D eigenvalue weighted by Crippen LogP contribution is -2.46. The quantitative estimate of drug-likeness (QED) is 0.472. The Morgan fingerprint density at radius 3 is 2.33 bits per heavy atom. The molecule has 174 valence electrons. The van der Waals surface area contributed by atoms with E-state index in [1.165, 1.54) is 12.0 Å². The zero-order chi connectivity index (χ0) is 24.0. The first kappa shape index (κ1) is 24.0. The van der Waals surface area contributed by atoms with Crippen molar-refractivity contribution in [2.45, 2.75) is 26.3 Å². The van der Waals surface area contributed by atoms with Crippen LogP contribution in [0.25, 0.3) is 0 Å². The molecule has 0 radical (unpaired) electrons. The molecule has 0 aromatic heterocycles. The molecule has 3 rings (SSSR count). The molecule has 1 aliphatic rings. The van der Waals surface area contributed by atoms with Crippen LogP contribution in [0.2, 0.25) is 0 Å². The van der Waals surface area contributed by atoms with Crippen LogP contribution in [0, 0.1) is 0 Å². The normalized spacial score (nSPS) is 15.8. The molecule has 0 saturated carbocycles. The Kier molecular flexibility index (Phi) is 7.84. The number of hydrogen-bond donors (Lipinski definition) is 2. The highest BCUT2D eigenvalue weighted by molar-refractivity contribution is 6.04. The Labute approximate surface area is 193 Å². The largest absolute Gasteiger partial charge is 0.460 e. The molecule has 8 nitrogen and oxygen atoms in total. The fraction of sp³-hybridized carbons (Fsp3) is 0.320. The number of urea groups is 1. The van der Waals surface area contributed by atoms with E-state index in [2.05, 4.69) is 17.6 Å². The highest BCUT2D eigenvalue weighted by Crippen LogP contribution is 2.31. The number of nitrogens with zero attached hydrogens (tertiary/aromatic N) is 1. The molecule has 1 unspecified atom stereocenters. The molecule has 33 heavy (non-hydrogen) atoms.